The Balaban J connectivity index is 2.11. The average molecular weight is 287 g/mol. The number of furan rings is 1. The van der Waals surface area contributed by atoms with Crippen molar-refractivity contribution in [1.29, 1.82) is 0 Å². The molecule has 5 nitrogen and oxygen atoms in total. The molecule has 110 valence electrons. The summed E-state index contributed by atoms with van der Waals surface area (Å²) in [7, 11) is 0. The summed E-state index contributed by atoms with van der Waals surface area (Å²) < 4.78 is 5.54. The van der Waals surface area contributed by atoms with Crippen LogP contribution in [0.5, 0.6) is 0 Å². The number of carbonyl (C=O) groups excluding carboxylic acids is 1. The van der Waals surface area contributed by atoms with E-state index < -0.39 is 5.97 Å². The normalized spacial score (nSPS) is 11.2. The summed E-state index contributed by atoms with van der Waals surface area (Å²) in [4.78, 5) is 22.8. The molecule has 2 N–H and O–H groups in total. The first-order valence-electron chi connectivity index (χ1n) is 6.52. The van der Waals surface area contributed by atoms with Crippen LogP contribution in [0.25, 0.3) is 0 Å². The maximum Gasteiger partial charge on any atom is 0.335 e. The fourth-order valence-electron chi connectivity index (χ4n) is 1.75. The summed E-state index contributed by atoms with van der Waals surface area (Å²) in [5.74, 6) is -0.418. The lowest BCUT2D eigenvalue weighted by atomic mass is 9.94. The lowest BCUT2D eigenvalue weighted by Crippen LogP contribution is -2.12. The van der Waals surface area contributed by atoms with Gasteiger partial charge in [0.25, 0.3) is 5.91 Å². The molecule has 2 rings (SSSR count). The molecule has 0 spiro atoms. The number of benzene rings is 1. The molecule has 21 heavy (non-hydrogen) atoms. The third-order valence-corrected chi connectivity index (χ3v) is 2.96. The molecule has 0 aliphatic rings. The van der Waals surface area contributed by atoms with Crippen LogP contribution >= 0.6 is 0 Å². The van der Waals surface area contributed by atoms with Gasteiger partial charge in [-0.15, -0.1) is 0 Å². The number of rotatable bonds is 3. The highest BCUT2D eigenvalue weighted by Gasteiger charge is 2.20. The number of hydrogen-bond acceptors (Lipinski definition) is 3. The fraction of sp³-hybridized carbons (Fsp3) is 0.250. The van der Waals surface area contributed by atoms with Gasteiger partial charge in [-0.05, 0) is 36.4 Å². The summed E-state index contributed by atoms with van der Waals surface area (Å²) in [6, 6.07) is 9.34. The highest BCUT2D eigenvalue weighted by molar-refractivity contribution is 6.02. The predicted molar refractivity (Wildman–Crippen MR) is 78.8 cm³/mol. The number of carboxylic acid groups (broad SMARTS) is 1. The first kappa shape index (κ1) is 14.8. The zero-order valence-electron chi connectivity index (χ0n) is 12.1. The van der Waals surface area contributed by atoms with E-state index in [0.717, 1.165) is 5.76 Å². The van der Waals surface area contributed by atoms with Gasteiger partial charge in [-0.25, -0.2) is 4.79 Å². The zero-order valence-corrected chi connectivity index (χ0v) is 12.1. The quantitative estimate of drug-likeness (QED) is 0.905. The Bertz CT molecular complexity index is 662. The van der Waals surface area contributed by atoms with E-state index in [1.807, 2.05) is 20.8 Å². The van der Waals surface area contributed by atoms with E-state index in [1.165, 1.54) is 24.3 Å². The molecule has 1 aromatic carbocycles. The molecule has 0 aliphatic carbocycles. The summed E-state index contributed by atoms with van der Waals surface area (Å²) in [5.41, 5.74) is 0.515. The van der Waals surface area contributed by atoms with Gasteiger partial charge < -0.3 is 14.8 Å². The first-order valence-corrected chi connectivity index (χ1v) is 6.52. The monoisotopic (exact) mass is 287 g/mol. The van der Waals surface area contributed by atoms with Crippen LogP contribution in [-0.4, -0.2) is 17.0 Å². The van der Waals surface area contributed by atoms with Crippen LogP contribution in [0.15, 0.2) is 40.8 Å². The molecule has 1 aromatic heterocycles. The van der Waals surface area contributed by atoms with Crippen LogP contribution in [0.3, 0.4) is 0 Å². The topological polar surface area (TPSA) is 79.5 Å². The first-order chi connectivity index (χ1) is 9.77. The molecule has 0 saturated heterocycles. The van der Waals surface area contributed by atoms with Crippen molar-refractivity contribution in [3.63, 3.8) is 0 Å². The minimum absolute atomic E-state index is 0.165. The molecule has 1 heterocycles. The van der Waals surface area contributed by atoms with Crippen LogP contribution in [0.4, 0.5) is 5.69 Å². The Hall–Kier alpha value is -2.56. The molecule has 0 saturated carbocycles. The zero-order chi connectivity index (χ0) is 15.6. The van der Waals surface area contributed by atoms with Gasteiger partial charge in [0.15, 0.2) is 5.76 Å². The van der Waals surface area contributed by atoms with E-state index in [4.69, 9.17) is 9.52 Å². The number of anilines is 1. The Morgan fingerprint density at radius 1 is 1.05 bits per heavy atom. The van der Waals surface area contributed by atoms with Gasteiger partial charge in [0.2, 0.25) is 0 Å². The Labute approximate surface area is 122 Å². The molecular formula is C16H17NO4. The molecule has 0 fully saturated rings. The van der Waals surface area contributed by atoms with E-state index in [1.54, 1.807) is 12.1 Å². The maximum absolute atomic E-state index is 12.1. The molecule has 1 amide bonds. The molecule has 0 radical (unpaired) electrons. The van der Waals surface area contributed by atoms with Crippen molar-refractivity contribution < 1.29 is 19.1 Å². The number of aromatic carboxylic acids is 1. The largest absolute Gasteiger partial charge is 0.478 e. The predicted octanol–water partition coefficient (Wildman–Crippen LogP) is 3.53. The Morgan fingerprint density at radius 3 is 2.14 bits per heavy atom. The van der Waals surface area contributed by atoms with E-state index in [0.29, 0.717) is 5.69 Å². The van der Waals surface area contributed by atoms with Gasteiger partial charge in [0.1, 0.15) is 5.76 Å². The Morgan fingerprint density at radius 2 is 1.67 bits per heavy atom. The highest BCUT2D eigenvalue weighted by atomic mass is 16.4. The van der Waals surface area contributed by atoms with Gasteiger partial charge >= 0.3 is 5.97 Å². The second kappa shape index (κ2) is 5.44. The van der Waals surface area contributed by atoms with Gasteiger partial charge in [0, 0.05) is 11.1 Å². The van der Waals surface area contributed by atoms with Crippen LogP contribution < -0.4 is 5.32 Å². The standard InChI is InChI=1S/C16H17NO4/c1-16(2,3)13-9-8-12(21-13)14(18)17-11-6-4-10(5-7-11)15(19)20/h4-9H,1-3H3,(H,17,18)(H,19,20). The highest BCUT2D eigenvalue weighted by Crippen LogP contribution is 2.24. The number of hydrogen-bond donors (Lipinski definition) is 2. The third kappa shape index (κ3) is 3.51. The molecule has 5 heteroatoms. The van der Waals surface area contributed by atoms with Gasteiger partial charge in [-0.1, -0.05) is 20.8 Å². The van der Waals surface area contributed by atoms with Gasteiger partial charge in [-0.2, -0.15) is 0 Å². The van der Waals surface area contributed by atoms with Crippen molar-refractivity contribution >= 4 is 17.6 Å². The minimum atomic E-state index is -1.01. The maximum atomic E-state index is 12.1. The molecule has 0 unspecified atom stereocenters. The number of carboxylic acids is 1. The second-order valence-corrected chi connectivity index (χ2v) is 5.75. The second-order valence-electron chi connectivity index (χ2n) is 5.75. The molecular weight excluding hydrogens is 270 g/mol. The summed E-state index contributed by atoms with van der Waals surface area (Å²) in [6.07, 6.45) is 0. The third-order valence-electron chi connectivity index (χ3n) is 2.96. The van der Waals surface area contributed by atoms with Crippen LogP contribution in [0.1, 0.15) is 47.4 Å². The van der Waals surface area contributed by atoms with Crippen LogP contribution in [-0.2, 0) is 5.41 Å². The van der Waals surface area contributed by atoms with Crippen LogP contribution in [0, 0.1) is 0 Å². The summed E-state index contributed by atoms with van der Waals surface area (Å²) in [5, 5.41) is 11.5. The van der Waals surface area contributed by atoms with Gasteiger partial charge in [-0.3, -0.25) is 4.79 Å². The number of carbonyl (C=O) groups is 2. The average Bonchev–Trinajstić information content (AvgIpc) is 2.88. The van der Waals surface area contributed by atoms with E-state index >= 15 is 0 Å². The van der Waals surface area contributed by atoms with Gasteiger partial charge in [0.05, 0.1) is 5.56 Å². The molecule has 0 bridgehead atoms. The van der Waals surface area contributed by atoms with Crippen molar-refractivity contribution in [2.45, 2.75) is 26.2 Å². The smallest absolute Gasteiger partial charge is 0.335 e. The van der Waals surface area contributed by atoms with Crippen molar-refractivity contribution in [2.24, 2.45) is 0 Å². The number of amides is 1. The SMILES string of the molecule is CC(C)(C)c1ccc(C(=O)Nc2ccc(C(=O)O)cc2)o1. The Kier molecular flexibility index (Phi) is 3.84. The molecule has 0 aliphatic heterocycles. The lowest BCUT2D eigenvalue weighted by Gasteiger charge is -2.14. The van der Waals surface area contributed by atoms with Crippen molar-refractivity contribution in [3.05, 3.63) is 53.5 Å². The molecule has 0 atom stereocenters. The fourth-order valence-corrected chi connectivity index (χ4v) is 1.75. The van der Waals surface area contributed by atoms with E-state index in [2.05, 4.69) is 5.32 Å². The van der Waals surface area contributed by atoms with Crippen LogP contribution in [0.2, 0.25) is 0 Å². The van der Waals surface area contributed by atoms with Crippen molar-refractivity contribution in [1.82, 2.24) is 0 Å². The molecule has 2 aromatic rings. The minimum Gasteiger partial charge on any atom is -0.478 e. The van der Waals surface area contributed by atoms with Crippen molar-refractivity contribution in [2.75, 3.05) is 5.32 Å². The van der Waals surface area contributed by atoms with E-state index in [-0.39, 0.29) is 22.6 Å². The van der Waals surface area contributed by atoms with Crippen molar-refractivity contribution in [3.8, 4) is 0 Å². The summed E-state index contributed by atoms with van der Waals surface area (Å²) in [6.45, 7) is 5.99. The van der Waals surface area contributed by atoms with E-state index in [9.17, 15) is 9.59 Å². The number of nitrogens with one attached hydrogen (secondary N) is 1. The summed E-state index contributed by atoms with van der Waals surface area (Å²) >= 11 is 0. The lowest BCUT2D eigenvalue weighted by molar-refractivity contribution is 0.0696.